The molecule has 1 aromatic heterocycles. The maximum absolute atomic E-state index is 12.4. The summed E-state index contributed by atoms with van der Waals surface area (Å²) in [6.45, 7) is 0.155. The van der Waals surface area contributed by atoms with Crippen molar-refractivity contribution in [2.75, 3.05) is 0 Å². The van der Waals surface area contributed by atoms with Crippen LogP contribution in [-0.2, 0) is 12.8 Å². The van der Waals surface area contributed by atoms with E-state index in [0.29, 0.717) is 5.75 Å². The molecule has 0 saturated carbocycles. The molecule has 20 heavy (non-hydrogen) atoms. The topological polar surface area (TPSA) is 45.9 Å². The van der Waals surface area contributed by atoms with Crippen molar-refractivity contribution in [3.63, 3.8) is 0 Å². The number of alkyl halides is 3. The highest BCUT2D eigenvalue weighted by Crippen LogP contribution is 2.30. The predicted molar refractivity (Wildman–Crippen MR) is 64.7 cm³/mol. The van der Waals surface area contributed by atoms with Crippen molar-refractivity contribution in [3.8, 4) is 11.8 Å². The molecule has 0 atom stereocenters. The first-order chi connectivity index (χ1) is 9.49. The molecule has 0 aliphatic heterocycles. The number of halogens is 3. The van der Waals surface area contributed by atoms with Crippen molar-refractivity contribution < 1.29 is 17.9 Å². The predicted octanol–water partition coefficient (Wildman–Crippen LogP) is 3.55. The highest BCUT2D eigenvalue weighted by Gasteiger charge is 2.29. The lowest BCUT2D eigenvalue weighted by Crippen LogP contribution is -2.04. The third-order valence-corrected chi connectivity index (χ3v) is 2.53. The van der Waals surface area contributed by atoms with Gasteiger partial charge in [-0.1, -0.05) is 0 Å². The summed E-state index contributed by atoms with van der Waals surface area (Å²) in [4.78, 5) is 3.81. The lowest BCUT2D eigenvalue weighted by molar-refractivity contribution is -0.137. The number of nitrogens with zero attached hydrogens (tertiary/aromatic N) is 2. The maximum atomic E-state index is 12.4. The van der Waals surface area contributed by atoms with Gasteiger partial charge in [-0.2, -0.15) is 18.4 Å². The van der Waals surface area contributed by atoms with Gasteiger partial charge in [0, 0.05) is 6.20 Å². The second kappa shape index (κ2) is 5.61. The second-order valence-electron chi connectivity index (χ2n) is 3.97. The molecule has 0 aliphatic rings. The maximum Gasteiger partial charge on any atom is 0.416 e. The summed E-state index contributed by atoms with van der Waals surface area (Å²) in [7, 11) is 0. The van der Waals surface area contributed by atoms with Crippen LogP contribution in [0.5, 0.6) is 5.75 Å². The minimum atomic E-state index is -4.36. The molecule has 3 nitrogen and oxygen atoms in total. The molecule has 2 aromatic rings. The quantitative estimate of drug-likeness (QED) is 0.862. The zero-order valence-electron chi connectivity index (χ0n) is 10.2. The molecule has 0 radical (unpaired) electrons. The fourth-order valence-electron chi connectivity index (χ4n) is 1.53. The Morgan fingerprint density at radius 2 is 1.85 bits per heavy atom. The fourth-order valence-corrected chi connectivity index (χ4v) is 1.53. The number of nitriles is 1. The highest BCUT2D eigenvalue weighted by molar-refractivity contribution is 5.30. The molecule has 0 aliphatic carbocycles. The van der Waals surface area contributed by atoms with Gasteiger partial charge in [-0.15, -0.1) is 0 Å². The zero-order chi connectivity index (χ0) is 14.6. The minimum absolute atomic E-state index is 0.155. The third kappa shape index (κ3) is 3.48. The van der Waals surface area contributed by atoms with Crippen molar-refractivity contribution in [1.82, 2.24) is 4.98 Å². The molecule has 1 heterocycles. The summed E-state index contributed by atoms with van der Waals surface area (Å²) in [6, 6.07) is 9.57. The normalized spacial score (nSPS) is 10.9. The van der Waals surface area contributed by atoms with E-state index in [0.717, 1.165) is 17.7 Å². The van der Waals surface area contributed by atoms with Crippen molar-refractivity contribution in [3.05, 3.63) is 59.4 Å². The van der Waals surface area contributed by atoms with Crippen LogP contribution in [0.4, 0.5) is 13.2 Å². The van der Waals surface area contributed by atoms with Gasteiger partial charge in [0.05, 0.1) is 5.56 Å². The first-order valence-electron chi connectivity index (χ1n) is 5.64. The van der Waals surface area contributed by atoms with Crippen LogP contribution in [0.25, 0.3) is 0 Å². The Bertz CT molecular complexity index is 630. The van der Waals surface area contributed by atoms with Gasteiger partial charge in [-0.05, 0) is 42.0 Å². The smallest absolute Gasteiger partial charge is 0.416 e. The average Bonchev–Trinajstić information content (AvgIpc) is 2.45. The molecule has 102 valence electrons. The molecule has 0 bridgehead atoms. The Morgan fingerprint density at radius 3 is 2.45 bits per heavy atom. The average molecular weight is 278 g/mol. The monoisotopic (exact) mass is 278 g/mol. The van der Waals surface area contributed by atoms with Gasteiger partial charge < -0.3 is 4.74 Å². The Balaban J connectivity index is 2.02. The molecule has 0 amide bonds. The van der Waals surface area contributed by atoms with Crippen LogP contribution in [0.2, 0.25) is 0 Å². The van der Waals surface area contributed by atoms with E-state index in [1.165, 1.54) is 18.3 Å². The summed E-state index contributed by atoms with van der Waals surface area (Å²) < 4.78 is 42.5. The van der Waals surface area contributed by atoms with Crippen LogP contribution in [0.15, 0.2) is 42.6 Å². The van der Waals surface area contributed by atoms with Gasteiger partial charge in [0.1, 0.15) is 24.1 Å². The first kappa shape index (κ1) is 13.9. The summed E-state index contributed by atoms with van der Waals surface area (Å²) in [5, 5.41) is 8.69. The SMILES string of the molecule is N#Cc1cc(COc2ccc(C(F)(F)F)cc2)ccn1. The molecule has 0 fully saturated rings. The van der Waals surface area contributed by atoms with Gasteiger partial charge in [0.2, 0.25) is 0 Å². The van der Waals surface area contributed by atoms with E-state index in [1.54, 1.807) is 12.1 Å². The summed E-state index contributed by atoms with van der Waals surface area (Å²) in [5.41, 5.74) is 0.260. The standard InChI is InChI=1S/C14H9F3N2O/c15-14(16,17)11-1-3-13(4-2-11)20-9-10-5-6-19-12(7-10)8-18/h1-7H,9H2. The van der Waals surface area contributed by atoms with Gasteiger partial charge in [-0.3, -0.25) is 0 Å². The van der Waals surface area contributed by atoms with Crippen LogP contribution in [0.1, 0.15) is 16.8 Å². The van der Waals surface area contributed by atoms with Gasteiger partial charge >= 0.3 is 6.18 Å². The molecule has 0 spiro atoms. The number of ether oxygens (including phenoxy) is 1. The number of rotatable bonds is 3. The Kier molecular flexibility index (Phi) is 3.89. The molecule has 1 aromatic carbocycles. The third-order valence-electron chi connectivity index (χ3n) is 2.53. The van der Waals surface area contributed by atoms with E-state index in [1.807, 2.05) is 6.07 Å². The minimum Gasteiger partial charge on any atom is -0.489 e. The van der Waals surface area contributed by atoms with E-state index < -0.39 is 11.7 Å². The highest BCUT2D eigenvalue weighted by atomic mass is 19.4. The van der Waals surface area contributed by atoms with Gasteiger partial charge in [0.25, 0.3) is 0 Å². The fraction of sp³-hybridized carbons (Fsp3) is 0.143. The number of hydrogen-bond acceptors (Lipinski definition) is 3. The van der Waals surface area contributed by atoms with Crippen molar-refractivity contribution >= 4 is 0 Å². The van der Waals surface area contributed by atoms with Crippen molar-refractivity contribution in [2.45, 2.75) is 12.8 Å². The molecule has 0 unspecified atom stereocenters. The number of pyridine rings is 1. The number of benzene rings is 1. The van der Waals surface area contributed by atoms with E-state index in [4.69, 9.17) is 10.00 Å². The Morgan fingerprint density at radius 1 is 1.15 bits per heavy atom. The molecular formula is C14H9F3N2O. The van der Waals surface area contributed by atoms with Crippen LogP contribution >= 0.6 is 0 Å². The summed E-state index contributed by atoms with van der Waals surface area (Å²) in [6.07, 6.45) is -2.88. The lowest BCUT2D eigenvalue weighted by atomic mass is 10.2. The van der Waals surface area contributed by atoms with Crippen molar-refractivity contribution in [2.24, 2.45) is 0 Å². The molecular weight excluding hydrogens is 269 g/mol. The molecule has 2 rings (SSSR count). The summed E-state index contributed by atoms with van der Waals surface area (Å²) >= 11 is 0. The van der Waals surface area contributed by atoms with Crippen molar-refractivity contribution in [1.29, 1.82) is 5.26 Å². The number of aromatic nitrogens is 1. The number of hydrogen-bond donors (Lipinski definition) is 0. The lowest BCUT2D eigenvalue weighted by Gasteiger charge is -2.09. The summed E-state index contributed by atoms with van der Waals surface area (Å²) in [5.74, 6) is 0.327. The zero-order valence-corrected chi connectivity index (χ0v) is 10.2. The van der Waals surface area contributed by atoms with E-state index >= 15 is 0 Å². The second-order valence-corrected chi connectivity index (χ2v) is 3.97. The Labute approximate surface area is 113 Å². The van der Waals surface area contributed by atoms with E-state index in [9.17, 15) is 13.2 Å². The van der Waals surface area contributed by atoms with E-state index in [2.05, 4.69) is 4.98 Å². The first-order valence-corrected chi connectivity index (χ1v) is 5.64. The van der Waals surface area contributed by atoms with Crippen LogP contribution in [0, 0.1) is 11.3 Å². The van der Waals surface area contributed by atoms with Gasteiger partial charge in [0.15, 0.2) is 0 Å². The van der Waals surface area contributed by atoms with Gasteiger partial charge in [-0.25, -0.2) is 4.98 Å². The van der Waals surface area contributed by atoms with Crippen LogP contribution in [-0.4, -0.2) is 4.98 Å². The van der Waals surface area contributed by atoms with Crippen LogP contribution < -0.4 is 4.74 Å². The molecule has 6 heteroatoms. The van der Waals surface area contributed by atoms with Crippen LogP contribution in [0.3, 0.4) is 0 Å². The Hall–Kier alpha value is -2.55. The molecule has 0 saturated heterocycles. The molecule has 0 N–H and O–H groups in total. The van der Waals surface area contributed by atoms with E-state index in [-0.39, 0.29) is 12.3 Å². The largest absolute Gasteiger partial charge is 0.489 e.